The Bertz CT molecular complexity index is 1220. The van der Waals surface area contributed by atoms with E-state index in [2.05, 4.69) is 29.4 Å². The summed E-state index contributed by atoms with van der Waals surface area (Å²) in [7, 11) is 3.13. The van der Waals surface area contributed by atoms with Gasteiger partial charge in [0.1, 0.15) is 11.5 Å². The van der Waals surface area contributed by atoms with Crippen LogP contribution in [0.2, 0.25) is 0 Å². The number of hydrogen-bond acceptors (Lipinski definition) is 5. The largest absolute Gasteiger partial charge is 0.497 e. The maximum atomic E-state index is 13.6. The second kappa shape index (κ2) is 7.30. The van der Waals surface area contributed by atoms with E-state index in [9.17, 15) is 9.59 Å². The fourth-order valence-electron chi connectivity index (χ4n) is 5.82. The van der Waals surface area contributed by atoms with Crippen molar-refractivity contribution in [2.75, 3.05) is 14.2 Å². The zero-order valence-electron chi connectivity index (χ0n) is 18.3. The summed E-state index contributed by atoms with van der Waals surface area (Å²) in [6.45, 7) is 0. The SMILES string of the molecule is COc1ccc(/C=N\N2C(=O)[C@@H]3C4c5ccccc5C(c5ccccc54)[C@H]3C2=O)c(OC)c1. The van der Waals surface area contributed by atoms with Gasteiger partial charge in [-0.2, -0.15) is 10.1 Å². The Morgan fingerprint density at radius 1 is 0.758 bits per heavy atom. The van der Waals surface area contributed by atoms with Crippen LogP contribution in [-0.2, 0) is 9.59 Å². The first-order valence-electron chi connectivity index (χ1n) is 11.0. The van der Waals surface area contributed by atoms with Crippen molar-refractivity contribution in [3.8, 4) is 11.5 Å². The van der Waals surface area contributed by atoms with Crippen molar-refractivity contribution in [2.45, 2.75) is 11.8 Å². The summed E-state index contributed by atoms with van der Waals surface area (Å²) in [5, 5.41) is 5.42. The number of ether oxygens (including phenoxy) is 2. The van der Waals surface area contributed by atoms with Gasteiger partial charge in [-0.15, -0.1) is 0 Å². The second-order valence-corrected chi connectivity index (χ2v) is 8.61. The molecule has 2 atom stereocenters. The van der Waals surface area contributed by atoms with E-state index < -0.39 is 11.8 Å². The van der Waals surface area contributed by atoms with Gasteiger partial charge in [-0.05, 0) is 34.4 Å². The molecular weight excluding hydrogens is 416 g/mol. The van der Waals surface area contributed by atoms with Crippen molar-refractivity contribution in [1.82, 2.24) is 5.01 Å². The minimum Gasteiger partial charge on any atom is -0.497 e. The molecule has 164 valence electrons. The fourth-order valence-corrected chi connectivity index (χ4v) is 5.82. The summed E-state index contributed by atoms with van der Waals surface area (Å²) in [4.78, 5) is 27.2. The highest BCUT2D eigenvalue weighted by Crippen LogP contribution is 2.60. The molecule has 7 rings (SSSR count). The molecule has 0 spiro atoms. The number of hydrazone groups is 1. The van der Waals surface area contributed by atoms with Gasteiger partial charge in [0.2, 0.25) is 0 Å². The summed E-state index contributed by atoms with van der Waals surface area (Å²) in [6.07, 6.45) is 1.51. The van der Waals surface area contributed by atoms with Crippen molar-refractivity contribution in [2.24, 2.45) is 16.9 Å². The first-order chi connectivity index (χ1) is 16.1. The van der Waals surface area contributed by atoms with E-state index in [4.69, 9.17) is 9.47 Å². The summed E-state index contributed by atoms with van der Waals surface area (Å²) in [5.41, 5.74) is 5.23. The molecule has 1 heterocycles. The van der Waals surface area contributed by atoms with Crippen LogP contribution in [0.3, 0.4) is 0 Å². The van der Waals surface area contributed by atoms with E-state index in [0.717, 1.165) is 27.3 Å². The second-order valence-electron chi connectivity index (χ2n) is 8.61. The number of carbonyl (C=O) groups excluding carboxylic acids is 2. The molecule has 1 fully saturated rings. The number of imide groups is 1. The van der Waals surface area contributed by atoms with Crippen LogP contribution in [0.4, 0.5) is 0 Å². The van der Waals surface area contributed by atoms with E-state index >= 15 is 0 Å². The lowest BCUT2D eigenvalue weighted by molar-refractivity contribution is -0.139. The smallest absolute Gasteiger partial charge is 0.254 e. The van der Waals surface area contributed by atoms with Gasteiger partial charge < -0.3 is 9.47 Å². The predicted octanol–water partition coefficient (Wildman–Crippen LogP) is 3.93. The highest BCUT2D eigenvalue weighted by atomic mass is 16.5. The van der Waals surface area contributed by atoms with E-state index in [1.165, 1.54) is 6.21 Å². The lowest BCUT2D eigenvalue weighted by Gasteiger charge is -2.45. The monoisotopic (exact) mass is 438 g/mol. The predicted molar refractivity (Wildman–Crippen MR) is 123 cm³/mol. The summed E-state index contributed by atoms with van der Waals surface area (Å²) in [6, 6.07) is 21.7. The van der Waals surface area contributed by atoms with Gasteiger partial charge in [0.05, 0.1) is 32.3 Å². The molecule has 6 nitrogen and oxygen atoms in total. The van der Waals surface area contributed by atoms with Crippen LogP contribution in [0.25, 0.3) is 0 Å². The van der Waals surface area contributed by atoms with Gasteiger partial charge in [-0.3, -0.25) is 9.59 Å². The molecular formula is C27H22N2O4. The van der Waals surface area contributed by atoms with Crippen LogP contribution in [0.15, 0.2) is 71.8 Å². The topological polar surface area (TPSA) is 68.2 Å². The quantitative estimate of drug-likeness (QED) is 0.457. The molecule has 0 unspecified atom stereocenters. The lowest BCUT2D eigenvalue weighted by Crippen LogP contribution is -2.41. The highest BCUT2D eigenvalue weighted by molar-refractivity contribution is 6.08. The van der Waals surface area contributed by atoms with Crippen LogP contribution >= 0.6 is 0 Å². The third-order valence-electron chi connectivity index (χ3n) is 7.18. The molecule has 3 aliphatic carbocycles. The zero-order chi connectivity index (χ0) is 22.7. The molecule has 3 aromatic carbocycles. The molecule has 2 bridgehead atoms. The van der Waals surface area contributed by atoms with Crippen molar-refractivity contribution >= 4 is 18.0 Å². The van der Waals surface area contributed by atoms with Gasteiger partial charge in [-0.25, -0.2) is 0 Å². The molecule has 0 N–H and O–H groups in total. The maximum Gasteiger partial charge on any atom is 0.254 e. The number of benzene rings is 3. The summed E-state index contributed by atoms with van der Waals surface area (Å²) in [5.74, 6) is -0.450. The number of carbonyl (C=O) groups is 2. The molecule has 1 aliphatic heterocycles. The van der Waals surface area contributed by atoms with Gasteiger partial charge in [0.25, 0.3) is 11.8 Å². The molecule has 33 heavy (non-hydrogen) atoms. The molecule has 0 saturated carbocycles. The minimum absolute atomic E-state index is 0.139. The van der Waals surface area contributed by atoms with Crippen LogP contribution < -0.4 is 9.47 Å². The van der Waals surface area contributed by atoms with E-state index in [1.54, 1.807) is 32.4 Å². The Hall–Kier alpha value is -3.93. The van der Waals surface area contributed by atoms with Crippen molar-refractivity contribution in [3.05, 3.63) is 94.5 Å². The van der Waals surface area contributed by atoms with Crippen molar-refractivity contribution in [3.63, 3.8) is 0 Å². The lowest BCUT2D eigenvalue weighted by atomic mass is 9.55. The van der Waals surface area contributed by atoms with Gasteiger partial charge in [0, 0.05) is 23.5 Å². The number of nitrogens with zero attached hydrogens (tertiary/aromatic N) is 2. The van der Waals surface area contributed by atoms with Gasteiger partial charge >= 0.3 is 0 Å². The number of amides is 2. The Morgan fingerprint density at radius 3 is 1.73 bits per heavy atom. The van der Waals surface area contributed by atoms with Crippen LogP contribution in [0, 0.1) is 11.8 Å². The summed E-state index contributed by atoms with van der Waals surface area (Å²) < 4.78 is 10.7. The standard InChI is InChI=1S/C27H22N2O4/c1-32-16-12-11-15(21(13-16)33-2)14-28-29-26(30)24-22-17-7-3-4-8-18(17)23(25(24)27(29)31)20-10-6-5-9-19(20)22/h3-14,22-25H,1-2H3/b28-14-/t22?,23?,24-,25-/m1/s1. The Kier molecular flexibility index (Phi) is 4.37. The number of methoxy groups -OCH3 is 2. The van der Waals surface area contributed by atoms with Crippen LogP contribution in [0.1, 0.15) is 39.7 Å². The Balaban J connectivity index is 1.41. The van der Waals surface area contributed by atoms with E-state index in [-0.39, 0.29) is 23.7 Å². The third-order valence-corrected chi connectivity index (χ3v) is 7.18. The third kappa shape index (κ3) is 2.70. The first-order valence-corrected chi connectivity index (χ1v) is 11.0. The van der Waals surface area contributed by atoms with Gasteiger partial charge in [0.15, 0.2) is 0 Å². The van der Waals surface area contributed by atoms with Crippen LogP contribution in [0.5, 0.6) is 11.5 Å². The number of hydrogen-bond donors (Lipinski definition) is 0. The van der Waals surface area contributed by atoms with Gasteiger partial charge in [-0.1, -0.05) is 48.5 Å². The van der Waals surface area contributed by atoms with E-state index in [1.807, 2.05) is 24.3 Å². The molecule has 4 aliphatic rings. The minimum atomic E-state index is -0.442. The highest BCUT2D eigenvalue weighted by Gasteiger charge is 2.61. The fraction of sp³-hybridized carbons (Fsp3) is 0.222. The van der Waals surface area contributed by atoms with E-state index in [0.29, 0.717) is 17.1 Å². The number of rotatable bonds is 4. The van der Waals surface area contributed by atoms with Crippen molar-refractivity contribution < 1.29 is 19.1 Å². The van der Waals surface area contributed by atoms with Crippen LogP contribution in [-0.4, -0.2) is 37.3 Å². The molecule has 1 saturated heterocycles. The normalized spacial score (nSPS) is 24.6. The molecule has 0 radical (unpaired) electrons. The molecule has 3 aromatic rings. The zero-order valence-corrected chi connectivity index (χ0v) is 18.3. The van der Waals surface area contributed by atoms with Crippen molar-refractivity contribution in [1.29, 1.82) is 0 Å². The molecule has 2 amide bonds. The maximum absolute atomic E-state index is 13.6. The first kappa shape index (κ1) is 19.7. The average molecular weight is 438 g/mol. The molecule has 0 aromatic heterocycles. The Labute approximate surface area is 191 Å². The summed E-state index contributed by atoms with van der Waals surface area (Å²) >= 11 is 0. The Morgan fingerprint density at radius 2 is 1.27 bits per heavy atom. The molecule has 6 heteroatoms. The average Bonchev–Trinajstić information content (AvgIpc) is 3.12.